The Morgan fingerprint density at radius 2 is 1.77 bits per heavy atom. The predicted octanol–water partition coefficient (Wildman–Crippen LogP) is 2.34. The van der Waals surface area contributed by atoms with E-state index >= 15 is 0 Å². The number of hydrogen-bond acceptors (Lipinski definition) is 4. The van der Waals surface area contributed by atoms with Crippen molar-refractivity contribution in [2.45, 2.75) is 37.5 Å². The highest BCUT2D eigenvalue weighted by molar-refractivity contribution is 5.90. The van der Waals surface area contributed by atoms with E-state index in [0.717, 1.165) is 43.7 Å². The fourth-order valence-corrected chi connectivity index (χ4v) is 5.01. The van der Waals surface area contributed by atoms with E-state index in [1.807, 2.05) is 34.7 Å². The minimum absolute atomic E-state index is 0.0568. The van der Waals surface area contributed by atoms with Crippen LogP contribution in [-0.4, -0.2) is 62.6 Å². The summed E-state index contributed by atoms with van der Waals surface area (Å²) >= 11 is 0. The van der Waals surface area contributed by atoms with Gasteiger partial charge in [-0.3, -0.25) is 9.59 Å². The molecule has 0 N–H and O–H groups in total. The van der Waals surface area contributed by atoms with E-state index in [2.05, 4.69) is 28.9 Å². The standard InChI is InChI=1S/C24H31N5O2/c1-3-22(30)28-15-11-24(12-16-28,20-7-5-4-6-8-20)23(31)29-13-9-19(10-14-29)17-21-26-25-18-27(21)2/h3-8,18-19H,1,9-17H2,2H3. The molecule has 0 saturated carbocycles. The number of nitrogens with zero attached hydrogens (tertiary/aromatic N) is 5. The third-order valence-corrected chi connectivity index (χ3v) is 7.02. The molecule has 0 aliphatic carbocycles. The number of hydrogen-bond donors (Lipinski definition) is 0. The maximum atomic E-state index is 13.9. The summed E-state index contributed by atoms with van der Waals surface area (Å²) in [6.45, 7) is 6.29. The largest absolute Gasteiger partial charge is 0.342 e. The van der Waals surface area contributed by atoms with Gasteiger partial charge in [-0.2, -0.15) is 0 Å². The molecule has 7 nitrogen and oxygen atoms in total. The molecule has 0 atom stereocenters. The first-order valence-corrected chi connectivity index (χ1v) is 11.1. The number of carbonyl (C=O) groups excluding carboxylic acids is 2. The van der Waals surface area contributed by atoms with Gasteiger partial charge in [-0.05, 0) is 43.2 Å². The lowest BCUT2D eigenvalue weighted by molar-refractivity contribution is -0.143. The highest BCUT2D eigenvalue weighted by Crippen LogP contribution is 2.38. The fourth-order valence-electron chi connectivity index (χ4n) is 5.01. The summed E-state index contributed by atoms with van der Waals surface area (Å²) in [6.07, 6.45) is 7.25. The SMILES string of the molecule is C=CC(=O)N1CCC(C(=O)N2CCC(Cc3nncn3C)CC2)(c2ccccc2)CC1. The Balaban J connectivity index is 1.47. The van der Waals surface area contributed by atoms with Crippen LogP contribution >= 0.6 is 0 Å². The van der Waals surface area contributed by atoms with Gasteiger partial charge in [-0.15, -0.1) is 10.2 Å². The van der Waals surface area contributed by atoms with Gasteiger partial charge >= 0.3 is 0 Å². The van der Waals surface area contributed by atoms with Crippen LogP contribution in [-0.2, 0) is 28.5 Å². The third-order valence-electron chi connectivity index (χ3n) is 7.02. The molecule has 2 amide bonds. The fraction of sp³-hybridized carbons (Fsp3) is 0.500. The summed E-state index contributed by atoms with van der Waals surface area (Å²) in [5.74, 6) is 1.68. The van der Waals surface area contributed by atoms with Gasteiger partial charge < -0.3 is 14.4 Å². The Morgan fingerprint density at radius 1 is 1.10 bits per heavy atom. The number of benzene rings is 1. The predicted molar refractivity (Wildman–Crippen MR) is 118 cm³/mol. The smallest absolute Gasteiger partial charge is 0.245 e. The quantitative estimate of drug-likeness (QED) is 0.695. The van der Waals surface area contributed by atoms with Crippen molar-refractivity contribution in [1.82, 2.24) is 24.6 Å². The lowest BCUT2D eigenvalue weighted by Gasteiger charge is -2.45. The third kappa shape index (κ3) is 4.27. The first-order valence-electron chi connectivity index (χ1n) is 11.1. The maximum Gasteiger partial charge on any atom is 0.245 e. The van der Waals surface area contributed by atoms with Crippen molar-refractivity contribution < 1.29 is 9.59 Å². The van der Waals surface area contributed by atoms with E-state index in [1.165, 1.54) is 6.08 Å². The lowest BCUT2D eigenvalue weighted by Crippen LogP contribution is -2.55. The first-order chi connectivity index (χ1) is 15.0. The molecule has 164 valence electrons. The van der Waals surface area contributed by atoms with Crippen molar-refractivity contribution in [1.29, 1.82) is 0 Å². The molecule has 4 rings (SSSR count). The van der Waals surface area contributed by atoms with Gasteiger partial charge in [-0.1, -0.05) is 36.9 Å². The van der Waals surface area contributed by atoms with Gasteiger partial charge in [0.2, 0.25) is 11.8 Å². The summed E-state index contributed by atoms with van der Waals surface area (Å²) in [4.78, 5) is 29.8. The van der Waals surface area contributed by atoms with Crippen molar-refractivity contribution in [3.05, 3.63) is 60.7 Å². The van der Waals surface area contributed by atoms with Crippen LogP contribution in [0.1, 0.15) is 37.1 Å². The summed E-state index contributed by atoms with van der Waals surface area (Å²) in [5, 5.41) is 8.18. The van der Waals surface area contributed by atoms with Crippen LogP contribution in [0.2, 0.25) is 0 Å². The number of carbonyl (C=O) groups is 2. The molecule has 7 heteroatoms. The summed E-state index contributed by atoms with van der Waals surface area (Å²) in [5.41, 5.74) is 0.502. The van der Waals surface area contributed by atoms with Gasteiger partial charge in [0.25, 0.3) is 0 Å². The normalized spacial score (nSPS) is 19.3. The topological polar surface area (TPSA) is 71.3 Å². The number of aromatic nitrogens is 3. The molecular weight excluding hydrogens is 390 g/mol. The maximum absolute atomic E-state index is 13.9. The van der Waals surface area contributed by atoms with Gasteiger partial charge in [0, 0.05) is 39.6 Å². The molecule has 31 heavy (non-hydrogen) atoms. The van der Waals surface area contributed by atoms with E-state index in [9.17, 15) is 9.59 Å². The second kappa shape index (κ2) is 9.04. The van der Waals surface area contributed by atoms with Crippen LogP contribution in [0.3, 0.4) is 0 Å². The zero-order valence-electron chi connectivity index (χ0n) is 18.2. The Hall–Kier alpha value is -2.96. The van der Waals surface area contributed by atoms with Gasteiger partial charge in [0.05, 0.1) is 5.41 Å². The molecular formula is C24H31N5O2. The Labute approximate surface area is 183 Å². The Bertz CT molecular complexity index is 922. The average Bonchev–Trinajstić information content (AvgIpc) is 3.23. The second-order valence-electron chi connectivity index (χ2n) is 8.78. The molecule has 0 spiro atoms. The molecule has 1 aromatic heterocycles. The van der Waals surface area contributed by atoms with Crippen molar-refractivity contribution in [3.8, 4) is 0 Å². The molecule has 0 radical (unpaired) electrons. The average molecular weight is 422 g/mol. The number of amides is 2. The molecule has 2 aromatic rings. The zero-order chi connectivity index (χ0) is 21.8. The molecule has 2 aliphatic heterocycles. The Morgan fingerprint density at radius 3 is 2.35 bits per heavy atom. The van der Waals surface area contributed by atoms with Crippen LogP contribution in [0.15, 0.2) is 49.3 Å². The summed E-state index contributed by atoms with van der Waals surface area (Å²) in [6, 6.07) is 10.1. The van der Waals surface area contributed by atoms with Gasteiger partial charge in [0.15, 0.2) is 0 Å². The van der Waals surface area contributed by atoms with E-state index in [-0.39, 0.29) is 11.8 Å². The summed E-state index contributed by atoms with van der Waals surface area (Å²) < 4.78 is 1.97. The van der Waals surface area contributed by atoms with Gasteiger partial charge in [0.1, 0.15) is 12.2 Å². The van der Waals surface area contributed by atoms with Gasteiger partial charge in [-0.25, -0.2) is 0 Å². The number of likely N-dealkylation sites (tertiary alicyclic amines) is 2. The van der Waals surface area contributed by atoms with Crippen molar-refractivity contribution in [2.75, 3.05) is 26.2 Å². The lowest BCUT2D eigenvalue weighted by atomic mass is 9.71. The number of aryl methyl sites for hydroxylation is 1. The van der Waals surface area contributed by atoms with E-state index in [4.69, 9.17) is 0 Å². The van der Waals surface area contributed by atoms with E-state index < -0.39 is 5.41 Å². The van der Waals surface area contributed by atoms with Crippen LogP contribution in [0.25, 0.3) is 0 Å². The first kappa shape index (κ1) is 21.3. The molecule has 2 fully saturated rings. The molecule has 0 unspecified atom stereocenters. The van der Waals surface area contributed by atoms with Crippen molar-refractivity contribution >= 4 is 11.8 Å². The van der Waals surface area contributed by atoms with Crippen LogP contribution < -0.4 is 0 Å². The van der Waals surface area contributed by atoms with E-state index in [1.54, 1.807) is 11.2 Å². The van der Waals surface area contributed by atoms with Crippen molar-refractivity contribution in [2.24, 2.45) is 13.0 Å². The molecule has 2 aliphatic rings. The molecule has 1 aromatic carbocycles. The van der Waals surface area contributed by atoms with Crippen LogP contribution in [0.5, 0.6) is 0 Å². The van der Waals surface area contributed by atoms with Crippen molar-refractivity contribution in [3.63, 3.8) is 0 Å². The minimum atomic E-state index is -0.560. The second-order valence-corrected chi connectivity index (χ2v) is 8.78. The Kier molecular flexibility index (Phi) is 6.20. The number of rotatable bonds is 5. The minimum Gasteiger partial charge on any atom is -0.342 e. The monoisotopic (exact) mass is 421 g/mol. The highest BCUT2D eigenvalue weighted by Gasteiger charge is 2.46. The molecule has 2 saturated heterocycles. The summed E-state index contributed by atoms with van der Waals surface area (Å²) in [7, 11) is 1.97. The highest BCUT2D eigenvalue weighted by atomic mass is 16.2. The molecule has 3 heterocycles. The molecule has 0 bridgehead atoms. The van der Waals surface area contributed by atoms with Crippen LogP contribution in [0, 0.1) is 5.92 Å². The zero-order valence-corrected chi connectivity index (χ0v) is 18.2. The van der Waals surface area contributed by atoms with E-state index in [0.29, 0.717) is 31.8 Å². The van der Waals surface area contributed by atoms with Crippen LogP contribution in [0.4, 0.5) is 0 Å². The number of piperidine rings is 2.